The van der Waals surface area contributed by atoms with Crippen LogP contribution in [0.3, 0.4) is 0 Å². The second-order valence-electron chi connectivity index (χ2n) is 5.21. The van der Waals surface area contributed by atoms with Crippen molar-refractivity contribution in [3.8, 4) is 5.75 Å². The Morgan fingerprint density at radius 3 is 2.50 bits per heavy atom. The zero-order valence-corrected chi connectivity index (χ0v) is 14.5. The number of nitro benzene ring substituents is 1. The highest BCUT2D eigenvalue weighted by atomic mass is 35.5. The number of nitro groups is 1. The van der Waals surface area contributed by atoms with Crippen LogP contribution in [0.5, 0.6) is 5.75 Å². The number of anilines is 1. The molecule has 8 nitrogen and oxygen atoms in total. The lowest BCUT2D eigenvalue weighted by atomic mass is 10.2. The molecule has 1 amide bonds. The van der Waals surface area contributed by atoms with E-state index in [9.17, 15) is 19.7 Å². The number of carbonyl (C=O) groups is 2. The van der Waals surface area contributed by atoms with Gasteiger partial charge in [-0.15, -0.1) is 0 Å². The van der Waals surface area contributed by atoms with E-state index in [-0.39, 0.29) is 11.4 Å². The maximum absolute atomic E-state index is 11.8. The van der Waals surface area contributed by atoms with Crippen molar-refractivity contribution in [1.82, 2.24) is 0 Å². The van der Waals surface area contributed by atoms with E-state index < -0.39 is 30.0 Å². The highest BCUT2D eigenvalue weighted by Gasteiger charge is 2.11. The molecule has 0 unspecified atom stereocenters. The Kier molecular flexibility index (Phi) is 6.51. The predicted octanol–water partition coefficient (Wildman–Crippen LogP) is 3.12. The van der Waals surface area contributed by atoms with E-state index in [2.05, 4.69) is 5.32 Å². The third-order valence-corrected chi connectivity index (χ3v) is 3.48. The van der Waals surface area contributed by atoms with Gasteiger partial charge in [-0.3, -0.25) is 14.9 Å². The number of ether oxygens (including phenoxy) is 2. The number of nitrogens with zero attached hydrogens (tertiary/aromatic N) is 1. The zero-order chi connectivity index (χ0) is 19.1. The van der Waals surface area contributed by atoms with Crippen molar-refractivity contribution in [2.75, 3.05) is 18.5 Å². The van der Waals surface area contributed by atoms with Crippen molar-refractivity contribution in [1.29, 1.82) is 0 Å². The molecule has 1 N–H and O–H groups in total. The summed E-state index contributed by atoms with van der Waals surface area (Å²) in [4.78, 5) is 33.4. The summed E-state index contributed by atoms with van der Waals surface area (Å²) in [6.07, 6.45) is 0. The molecule has 2 aromatic rings. The highest BCUT2D eigenvalue weighted by molar-refractivity contribution is 6.31. The number of aryl methyl sites for hydroxylation is 1. The molecule has 0 aliphatic rings. The molecule has 26 heavy (non-hydrogen) atoms. The molecule has 0 saturated heterocycles. The van der Waals surface area contributed by atoms with Gasteiger partial charge in [-0.1, -0.05) is 17.7 Å². The fourth-order valence-corrected chi connectivity index (χ4v) is 2.08. The first-order chi connectivity index (χ1) is 12.3. The summed E-state index contributed by atoms with van der Waals surface area (Å²) in [5, 5.41) is 13.6. The molecule has 2 aromatic carbocycles. The SMILES string of the molecule is Cc1ccc(Cl)cc1NC(=O)COC(=O)COc1ccc([N+](=O)[O-])cc1. The van der Waals surface area contributed by atoms with E-state index in [4.69, 9.17) is 21.1 Å². The van der Waals surface area contributed by atoms with Gasteiger partial charge in [-0.25, -0.2) is 4.79 Å². The first-order valence-corrected chi connectivity index (χ1v) is 7.82. The van der Waals surface area contributed by atoms with Crippen LogP contribution in [0, 0.1) is 17.0 Å². The van der Waals surface area contributed by atoms with Crippen LogP contribution in [0.4, 0.5) is 11.4 Å². The van der Waals surface area contributed by atoms with Gasteiger partial charge >= 0.3 is 5.97 Å². The van der Waals surface area contributed by atoms with Gasteiger partial charge in [0.05, 0.1) is 4.92 Å². The smallest absolute Gasteiger partial charge is 0.344 e. The van der Waals surface area contributed by atoms with Gasteiger partial charge in [0, 0.05) is 22.8 Å². The summed E-state index contributed by atoms with van der Waals surface area (Å²) in [6, 6.07) is 10.3. The van der Waals surface area contributed by atoms with Gasteiger partial charge in [0.25, 0.3) is 11.6 Å². The molecule has 0 bridgehead atoms. The van der Waals surface area contributed by atoms with Crippen LogP contribution in [0.1, 0.15) is 5.56 Å². The highest BCUT2D eigenvalue weighted by Crippen LogP contribution is 2.20. The average Bonchev–Trinajstić information content (AvgIpc) is 2.61. The first kappa shape index (κ1) is 19.2. The van der Waals surface area contributed by atoms with Crippen LogP contribution in [-0.4, -0.2) is 30.0 Å². The maximum Gasteiger partial charge on any atom is 0.344 e. The Morgan fingerprint density at radius 1 is 1.15 bits per heavy atom. The molecule has 136 valence electrons. The van der Waals surface area contributed by atoms with Crippen LogP contribution < -0.4 is 10.1 Å². The van der Waals surface area contributed by atoms with E-state index in [1.165, 1.54) is 24.3 Å². The topological polar surface area (TPSA) is 108 Å². The molecule has 0 radical (unpaired) electrons. The molecular formula is C17H15ClN2O6. The quantitative estimate of drug-likeness (QED) is 0.450. The zero-order valence-electron chi connectivity index (χ0n) is 13.7. The van der Waals surface area contributed by atoms with Crippen LogP contribution in [0.25, 0.3) is 0 Å². The van der Waals surface area contributed by atoms with Crippen molar-refractivity contribution < 1.29 is 24.0 Å². The van der Waals surface area contributed by atoms with Gasteiger partial charge in [-0.2, -0.15) is 0 Å². The van der Waals surface area contributed by atoms with Crippen LogP contribution in [0.15, 0.2) is 42.5 Å². The summed E-state index contributed by atoms with van der Waals surface area (Å²) < 4.78 is 9.95. The van der Waals surface area contributed by atoms with E-state index >= 15 is 0 Å². The summed E-state index contributed by atoms with van der Waals surface area (Å²) in [6.45, 7) is 0.895. The summed E-state index contributed by atoms with van der Waals surface area (Å²) in [5.74, 6) is -0.994. The molecule has 0 saturated carbocycles. The Bertz CT molecular complexity index is 823. The number of benzene rings is 2. The lowest BCUT2D eigenvalue weighted by Gasteiger charge is -2.10. The molecule has 0 heterocycles. The van der Waals surface area contributed by atoms with Gasteiger partial charge < -0.3 is 14.8 Å². The molecule has 0 aliphatic heterocycles. The lowest BCUT2D eigenvalue weighted by Crippen LogP contribution is -2.24. The number of carbonyl (C=O) groups excluding carboxylic acids is 2. The van der Waals surface area contributed by atoms with Crippen molar-refractivity contribution in [2.24, 2.45) is 0 Å². The van der Waals surface area contributed by atoms with E-state index in [1.54, 1.807) is 25.1 Å². The molecule has 0 fully saturated rings. The molecule has 0 spiro atoms. The van der Waals surface area contributed by atoms with Crippen LogP contribution >= 0.6 is 11.6 Å². The molecule has 0 aromatic heterocycles. The summed E-state index contributed by atoms with van der Waals surface area (Å²) >= 11 is 5.86. The normalized spacial score (nSPS) is 10.1. The van der Waals surface area contributed by atoms with Crippen molar-refractivity contribution in [3.63, 3.8) is 0 Å². The lowest BCUT2D eigenvalue weighted by molar-refractivity contribution is -0.384. The summed E-state index contributed by atoms with van der Waals surface area (Å²) in [7, 11) is 0. The van der Waals surface area contributed by atoms with Gasteiger partial charge in [0.2, 0.25) is 0 Å². The molecule has 0 atom stereocenters. The number of halogens is 1. The number of amides is 1. The minimum Gasteiger partial charge on any atom is -0.482 e. The predicted molar refractivity (Wildman–Crippen MR) is 94.4 cm³/mol. The van der Waals surface area contributed by atoms with Crippen LogP contribution in [0.2, 0.25) is 5.02 Å². The van der Waals surface area contributed by atoms with Crippen molar-refractivity contribution in [3.05, 3.63) is 63.2 Å². The van der Waals surface area contributed by atoms with Crippen molar-refractivity contribution in [2.45, 2.75) is 6.92 Å². The van der Waals surface area contributed by atoms with Gasteiger partial charge in [0.1, 0.15) is 5.75 Å². The van der Waals surface area contributed by atoms with Gasteiger partial charge in [-0.05, 0) is 36.8 Å². The number of rotatable bonds is 7. The standard InChI is InChI=1S/C17H15ClN2O6/c1-11-2-3-12(18)8-15(11)19-16(21)9-26-17(22)10-25-14-6-4-13(5-7-14)20(23)24/h2-8H,9-10H2,1H3,(H,19,21). The Hall–Kier alpha value is -3.13. The fraction of sp³-hybridized carbons (Fsp3) is 0.176. The Balaban J connectivity index is 1.76. The monoisotopic (exact) mass is 378 g/mol. The number of hydrogen-bond acceptors (Lipinski definition) is 6. The third-order valence-electron chi connectivity index (χ3n) is 3.24. The minimum absolute atomic E-state index is 0.0899. The van der Waals surface area contributed by atoms with E-state index in [0.29, 0.717) is 10.7 Å². The average molecular weight is 379 g/mol. The second kappa shape index (κ2) is 8.82. The number of hydrogen-bond donors (Lipinski definition) is 1. The van der Waals surface area contributed by atoms with E-state index in [0.717, 1.165) is 5.56 Å². The molecule has 9 heteroatoms. The maximum atomic E-state index is 11.8. The Morgan fingerprint density at radius 2 is 1.85 bits per heavy atom. The molecule has 0 aliphatic carbocycles. The largest absolute Gasteiger partial charge is 0.482 e. The van der Waals surface area contributed by atoms with Gasteiger partial charge in [0.15, 0.2) is 13.2 Å². The molecule has 2 rings (SSSR count). The fourth-order valence-electron chi connectivity index (χ4n) is 1.91. The second-order valence-corrected chi connectivity index (χ2v) is 5.64. The first-order valence-electron chi connectivity index (χ1n) is 7.44. The number of non-ortho nitro benzene ring substituents is 1. The summed E-state index contributed by atoms with van der Waals surface area (Å²) in [5.41, 5.74) is 1.25. The van der Waals surface area contributed by atoms with Crippen molar-refractivity contribution >= 4 is 34.9 Å². The van der Waals surface area contributed by atoms with E-state index in [1.807, 2.05) is 0 Å². The number of nitrogens with one attached hydrogen (secondary N) is 1. The van der Waals surface area contributed by atoms with Crippen LogP contribution in [-0.2, 0) is 14.3 Å². The number of esters is 1. The third kappa shape index (κ3) is 5.75. The minimum atomic E-state index is -0.749. The Labute approximate surface area is 153 Å². The molecular weight excluding hydrogens is 364 g/mol.